The third-order valence-corrected chi connectivity index (χ3v) is 3.03. The molecule has 6 nitrogen and oxygen atoms in total. The predicted molar refractivity (Wildman–Crippen MR) is 73.3 cm³/mol. The maximum Gasteiger partial charge on any atom is 0.323 e. The first-order valence-corrected chi connectivity index (χ1v) is 7.33. The molecule has 0 saturated carbocycles. The van der Waals surface area contributed by atoms with Crippen LogP contribution >= 0.6 is 0 Å². The van der Waals surface area contributed by atoms with Crippen LogP contribution in [-0.4, -0.2) is 62.4 Å². The normalized spacial score (nSPS) is 17.5. The molecule has 0 bridgehead atoms. The summed E-state index contributed by atoms with van der Waals surface area (Å²) in [6.07, 6.45) is 1.58. The summed E-state index contributed by atoms with van der Waals surface area (Å²) in [5.41, 5.74) is 0. The van der Waals surface area contributed by atoms with Gasteiger partial charge in [0.25, 0.3) is 0 Å². The third-order valence-electron chi connectivity index (χ3n) is 3.03. The lowest BCUT2D eigenvalue weighted by Gasteiger charge is -2.32. The molecule has 0 radical (unpaired) electrons. The molecule has 1 aliphatic heterocycles. The molecule has 0 aliphatic carbocycles. The van der Waals surface area contributed by atoms with Gasteiger partial charge in [0.05, 0.1) is 32.8 Å². The molecule has 116 valence electrons. The number of esters is 2. The molecule has 0 spiro atoms. The fourth-order valence-electron chi connectivity index (χ4n) is 1.98. The molecule has 0 unspecified atom stereocenters. The summed E-state index contributed by atoms with van der Waals surface area (Å²) in [7, 11) is 0. The van der Waals surface area contributed by atoms with E-state index < -0.39 is 6.04 Å². The van der Waals surface area contributed by atoms with Crippen LogP contribution in [0.1, 0.15) is 33.1 Å². The zero-order valence-electron chi connectivity index (χ0n) is 12.4. The average Bonchev–Trinajstić information content (AvgIpc) is 2.49. The average molecular weight is 287 g/mol. The minimum atomic E-state index is -0.560. The van der Waals surface area contributed by atoms with Gasteiger partial charge in [-0.05, 0) is 12.8 Å². The van der Waals surface area contributed by atoms with Crippen LogP contribution < -0.4 is 0 Å². The van der Waals surface area contributed by atoms with Crippen LogP contribution in [0.15, 0.2) is 0 Å². The highest BCUT2D eigenvalue weighted by Gasteiger charge is 2.31. The Balaban J connectivity index is 2.57. The Labute approximate surface area is 120 Å². The van der Waals surface area contributed by atoms with Crippen molar-refractivity contribution in [3.63, 3.8) is 0 Å². The van der Waals surface area contributed by atoms with E-state index in [9.17, 15) is 9.59 Å². The molecule has 6 heteroatoms. The summed E-state index contributed by atoms with van der Waals surface area (Å²) in [6.45, 7) is 7.04. The van der Waals surface area contributed by atoms with Gasteiger partial charge in [0, 0.05) is 13.1 Å². The van der Waals surface area contributed by atoms with E-state index >= 15 is 0 Å². The van der Waals surface area contributed by atoms with Gasteiger partial charge in [0.2, 0.25) is 0 Å². The van der Waals surface area contributed by atoms with E-state index in [1.54, 1.807) is 0 Å². The van der Waals surface area contributed by atoms with Crippen molar-refractivity contribution in [3.05, 3.63) is 0 Å². The summed E-state index contributed by atoms with van der Waals surface area (Å²) < 4.78 is 15.5. The zero-order chi connectivity index (χ0) is 14.8. The molecular weight excluding hydrogens is 262 g/mol. The fourth-order valence-corrected chi connectivity index (χ4v) is 1.98. The van der Waals surface area contributed by atoms with Gasteiger partial charge < -0.3 is 14.2 Å². The van der Waals surface area contributed by atoms with Crippen LogP contribution in [0.25, 0.3) is 0 Å². The Morgan fingerprint density at radius 2 is 1.70 bits per heavy atom. The molecule has 0 aromatic rings. The molecule has 1 heterocycles. The van der Waals surface area contributed by atoms with Crippen molar-refractivity contribution in [2.75, 3.05) is 39.5 Å². The highest BCUT2D eigenvalue weighted by atomic mass is 16.5. The maximum absolute atomic E-state index is 12.1. The van der Waals surface area contributed by atoms with Crippen molar-refractivity contribution in [2.24, 2.45) is 0 Å². The summed E-state index contributed by atoms with van der Waals surface area (Å²) in [6, 6.07) is -0.560. The standard InChI is InChI=1S/C14H25NO5/c1-3-7-19-13(16)11-12(14(17)20-8-4-2)15-5-9-18-10-6-15/h12H,3-11H2,1-2H3/t12-/m1/s1. The van der Waals surface area contributed by atoms with E-state index in [0.29, 0.717) is 39.5 Å². The number of ether oxygens (including phenoxy) is 3. The number of morpholine rings is 1. The van der Waals surface area contributed by atoms with E-state index in [0.717, 1.165) is 12.8 Å². The second-order valence-electron chi connectivity index (χ2n) is 4.76. The fraction of sp³-hybridized carbons (Fsp3) is 0.857. The number of carbonyl (C=O) groups excluding carboxylic acids is 2. The maximum atomic E-state index is 12.1. The highest BCUT2D eigenvalue weighted by molar-refractivity contribution is 5.82. The van der Waals surface area contributed by atoms with Crippen molar-refractivity contribution in [2.45, 2.75) is 39.2 Å². The first kappa shape index (κ1) is 16.9. The van der Waals surface area contributed by atoms with Crippen LogP contribution in [0.4, 0.5) is 0 Å². The number of hydrogen-bond donors (Lipinski definition) is 0. The predicted octanol–water partition coefficient (Wildman–Crippen LogP) is 0.984. The van der Waals surface area contributed by atoms with Gasteiger partial charge in [-0.15, -0.1) is 0 Å². The minimum absolute atomic E-state index is 0.0442. The summed E-state index contributed by atoms with van der Waals surface area (Å²) >= 11 is 0. The highest BCUT2D eigenvalue weighted by Crippen LogP contribution is 2.11. The number of hydrogen-bond acceptors (Lipinski definition) is 6. The molecule has 0 aromatic carbocycles. The topological polar surface area (TPSA) is 65.1 Å². The zero-order valence-corrected chi connectivity index (χ0v) is 12.4. The second-order valence-corrected chi connectivity index (χ2v) is 4.76. The molecule has 1 aliphatic rings. The smallest absolute Gasteiger partial charge is 0.323 e. The van der Waals surface area contributed by atoms with E-state index in [1.165, 1.54) is 0 Å². The Kier molecular flexibility index (Phi) is 8.22. The van der Waals surface area contributed by atoms with Gasteiger partial charge >= 0.3 is 11.9 Å². The van der Waals surface area contributed by atoms with Gasteiger partial charge in [-0.1, -0.05) is 13.8 Å². The number of carbonyl (C=O) groups is 2. The Morgan fingerprint density at radius 3 is 2.30 bits per heavy atom. The number of nitrogens with zero attached hydrogens (tertiary/aromatic N) is 1. The summed E-state index contributed by atoms with van der Waals surface area (Å²) in [4.78, 5) is 25.8. The van der Waals surface area contributed by atoms with E-state index in [1.807, 2.05) is 18.7 Å². The van der Waals surface area contributed by atoms with Gasteiger partial charge in [-0.2, -0.15) is 0 Å². The van der Waals surface area contributed by atoms with E-state index in [4.69, 9.17) is 14.2 Å². The first-order chi connectivity index (χ1) is 9.69. The Bertz CT molecular complexity index is 302. The third kappa shape index (κ3) is 5.88. The molecule has 1 rings (SSSR count). The lowest BCUT2D eigenvalue weighted by molar-refractivity contribution is -0.158. The molecule has 0 amide bonds. The van der Waals surface area contributed by atoms with Crippen molar-refractivity contribution >= 4 is 11.9 Å². The Morgan fingerprint density at radius 1 is 1.10 bits per heavy atom. The summed E-state index contributed by atoms with van der Waals surface area (Å²) in [5, 5.41) is 0. The van der Waals surface area contributed by atoms with E-state index in [-0.39, 0.29) is 18.4 Å². The molecule has 1 fully saturated rings. The largest absolute Gasteiger partial charge is 0.466 e. The molecule has 1 saturated heterocycles. The molecule has 20 heavy (non-hydrogen) atoms. The van der Waals surface area contributed by atoms with Crippen molar-refractivity contribution in [1.82, 2.24) is 4.90 Å². The van der Waals surface area contributed by atoms with Crippen molar-refractivity contribution in [3.8, 4) is 0 Å². The summed E-state index contributed by atoms with van der Waals surface area (Å²) in [5.74, 6) is -0.695. The lowest BCUT2D eigenvalue weighted by Crippen LogP contribution is -2.49. The van der Waals surface area contributed by atoms with Crippen molar-refractivity contribution < 1.29 is 23.8 Å². The van der Waals surface area contributed by atoms with Gasteiger partial charge in [-0.3, -0.25) is 14.5 Å². The first-order valence-electron chi connectivity index (χ1n) is 7.33. The monoisotopic (exact) mass is 287 g/mol. The van der Waals surface area contributed by atoms with Crippen LogP contribution in [0.5, 0.6) is 0 Å². The Hall–Kier alpha value is -1.14. The molecule has 0 N–H and O–H groups in total. The minimum Gasteiger partial charge on any atom is -0.466 e. The van der Waals surface area contributed by atoms with Crippen LogP contribution in [0.3, 0.4) is 0 Å². The second kappa shape index (κ2) is 9.72. The van der Waals surface area contributed by atoms with Gasteiger partial charge in [-0.25, -0.2) is 0 Å². The van der Waals surface area contributed by atoms with Crippen molar-refractivity contribution in [1.29, 1.82) is 0 Å². The van der Waals surface area contributed by atoms with Crippen LogP contribution in [0.2, 0.25) is 0 Å². The SMILES string of the molecule is CCCOC(=O)C[C@H](C(=O)OCCC)N1CCOCC1. The van der Waals surface area contributed by atoms with E-state index in [2.05, 4.69) is 0 Å². The van der Waals surface area contributed by atoms with Gasteiger partial charge in [0.1, 0.15) is 6.04 Å². The number of rotatable bonds is 8. The molecule has 1 atom stereocenters. The molecular formula is C14H25NO5. The van der Waals surface area contributed by atoms with Crippen LogP contribution in [-0.2, 0) is 23.8 Å². The quantitative estimate of drug-likeness (QED) is 0.620. The lowest BCUT2D eigenvalue weighted by atomic mass is 10.1. The molecule has 0 aromatic heterocycles. The van der Waals surface area contributed by atoms with Gasteiger partial charge in [0.15, 0.2) is 0 Å². The van der Waals surface area contributed by atoms with Crippen LogP contribution in [0, 0.1) is 0 Å².